The highest BCUT2D eigenvalue weighted by Crippen LogP contribution is 2.24. The molecule has 3 nitrogen and oxygen atoms in total. The molecule has 96 valence electrons. The summed E-state index contributed by atoms with van der Waals surface area (Å²) in [5, 5.41) is 0.584. The lowest BCUT2D eigenvalue weighted by Gasteiger charge is -2.30. The minimum Gasteiger partial charge on any atom is -0.337 e. The molecule has 0 saturated carbocycles. The van der Waals surface area contributed by atoms with E-state index in [4.69, 9.17) is 11.6 Å². The van der Waals surface area contributed by atoms with Gasteiger partial charge in [-0.2, -0.15) is 0 Å². The van der Waals surface area contributed by atoms with E-state index in [1.54, 1.807) is 23.1 Å². The number of piperidine rings is 1. The number of likely N-dealkylation sites (tertiary alicyclic amines) is 1. The zero-order valence-corrected chi connectivity index (χ0v) is 12.3. The van der Waals surface area contributed by atoms with Gasteiger partial charge in [0.25, 0.3) is 5.91 Å². The molecule has 1 fully saturated rings. The lowest BCUT2D eigenvalue weighted by atomic mass is 9.98. The largest absolute Gasteiger partial charge is 0.337 e. The third kappa shape index (κ3) is 2.75. The summed E-state index contributed by atoms with van der Waals surface area (Å²) in [5.41, 5.74) is 0.584. The number of halogens is 2. The molecule has 1 aliphatic rings. The van der Waals surface area contributed by atoms with E-state index in [2.05, 4.69) is 15.9 Å². The number of nitrogens with zero attached hydrogens (tertiary/aromatic N) is 1. The van der Waals surface area contributed by atoms with Gasteiger partial charge in [-0.1, -0.05) is 18.5 Å². The molecule has 1 aromatic rings. The Morgan fingerprint density at radius 1 is 1.50 bits per heavy atom. The monoisotopic (exact) mass is 329 g/mol. The molecular formula is C13H13BrClNO2. The highest BCUT2D eigenvalue weighted by molar-refractivity contribution is 9.10. The summed E-state index contributed by atoms with van der Waals surface area (Å²) in [7, 11) is 0. The fourth-order valence-corrected chi connectivity index (χ4v) is 2.89. The highest BCUT2D eigenvalue weighted by Gasteiger charge is 2.27. The number of hydrogen-bond donors (Lipinski definition) is 0. The number of Topliss-reactive ketones (excluding diaryl/α,β-unsaturated/α-hetero) is 1. The van der Waals surface area contributed by atoms with E-state index in [-0.39, 0.29) is 17.6 Å². The summed E-state index contributed by atoms with van der Waals surface area (Å²) in [5.74, 6) is 0.0980. The Balaban J connectivity index is 2.19. The summed E-state index contributed by atoms with van der Waals surface area (Å²) in [6.45, 7) is 2.85. The van der Waals surface area contributed by atoms with Gasteiger partial charge in [0.1, 0.15) is 5.78 Å². The molecule has 1 unspecified atom stereocenters. The lowest BCUT2D eigenvalue weighted by Crippen LogP contribution is -2.43. The summed E-state index contributed by atoms with van der Waals surface area (Å²) < 4.78 is 0.685. The van der Waals surface area contributed by atoms with Crippen LogP contribution in [0.2, 0.25) is 5.02 Å². The van der Waals surface area contributed by atoms with Crippen LogP contribution in [0.4, 0.5) is 0 Å². The second-order valence-electron chi connectivity index (χ2n) is 4.49. The van der Waals surface area contributed by atoms with Crippen LogP contribution in [0.5, 0.6) is 0 Å². The van der Waals surface area contributed by atoms with Gasteiger partial charge in [-0.15, -0.1) is 0 Å². The Kier molecular flexibility index (Phi) is 4.07. The van der Waals surface area contributed by atoms with Gasteiger partial charge in [-0.05, 0) is 34.1 Å². The van der Waals surface area contributed by atoms with E-state index >= 15 is 0 Å². The van der Waals surface area contributed by atoms with Crippen molar-refractivity contribution in [2.24, 2.45) is 5.92 Å². The van der Waals surface area contributed by atoms with Crippen LogP contribution >= 0.6 is 27.5 Å². The number of ketones is 1. The maximum atomic E-state index is 12.3. The molecule has 0 aliphatic carbocycles. The van der Waals surface area contributed by atoms with Crippen LogP contribution in [0.15, 0.2) is 22.7 Å². The molecule has 1 heterocycles. The smallest absolute Gasteiger partial charge is 0.255 e. The van der Waals surface area contributed by atoms with E-state index in [9.17, 15) is 9.59 Å². The fourth-order valence-electron chi connectivity index (χ4n) is 2.03. The van der Waals surface area contributed by atoms with E-state index in [0.717, 1.165) is 0 Å². The van der Waals surface area contributed by atoms with Gasteiger partial charge in [0.05, 0.1) is 5.56 Å². The Labute approximate surface area is 119 Å². The second-order valence-corrected chi connectivity index (χ2v) is 5.78. The molecule has 1 atom stereocenters. The van der Waals surface area contributed by atoms with Gasteiger partial charge in [0.2, 0.25) is 0 Å². The van der Waals surface area contributed by atoms with Gasteiger partial charge >= 0.3 is 0 Å². The number of benzene rings is 1. The number of carbonyl (C=O) groups excluding carboxylic acids is 2. The predicted molar refractivity (Wildman–Crippen MR) is 73.8 cm³/mol. The first kappa shape index (κ1) is 13.6. The summed E-state index contributed by atoms with van der Waals surface area (Å²) in [6.07, 6.45) is 0.443. The van der Waals surface area contributed by atoms with Crippen molar-refractivity contribution < 1.29 is 9.59 Å². The van der Waals surface area contributed by atoms with E-state index < -0.39 is 0 Å². The summed E-state index contributed by atoms with van der Waals surface area (Å²) >= 11 is 9.19. The predicted octanol–water partition coefficient (Wildman–Crippen LogP) is 3.15. The first-order valence-corrected chi connectivity index (χ1v) is 6.93. The lowest BCUT2D eigenvalue weighted by molar-refractivity contribution is -0.124. The number of carbonyl (C=O) groups is 2. The molecule has 0 bridgehead atoms. The third-order valence-electron chi connectivity index (χ3n) is 3.12. The van der Waals surface area contributed by atoms with Gasteiger partial charge in [-0.25, -0.2) is 0 Å². The minimum absolute atomic E-state index is 0.0575. The van der Waals surface area contributed by atoms with Crippen molar-refractivity contribution in [1.29, 1.82) is 0 Å². The topological polar surface area (TPSA) is 37.4 Å². The molecule has 1 aliphatic heterocycles. The maximum absolute atomic E-state index is 12.3. The minimum atomic E-state index is -0.0752. The molecule has 1 amide bonds. The average molecular weight is 331 g/mol. The van der Waals surface area contributed by atoms with Gasteiger partial charge < -0.3 is 4.90 Å². The molecule has 5 heteroatoms. The van der Waals surface area contributed by atoms with Gasteiger partial charge in [0.15, 0.2) is 0 Å². The number of hydrogen-bond acceptors (Lipinski definition) is 2. The first-order chi connectivity index (χ1) is 8.49. The van der Waals surface area contributed by atoms with Crippen molar-refractivity contribution in [3.63, 3.8) is 0 Å². The van der Waals surface area contributed by atoms with Crippen LogP contribution in [0, 0.1) is 5.92 Å². The average Bonchev–Trinajstić information content (AvgIpc) is 2.32. The quantitative estimate of drug-likeness (QED) is 0.793. The van der Waals surface area contributed by atoms with Crippen molar-refractivity contribution in [3.05, 3.63) is 33.3 Å². The molecule has 1 saturated heterocycles. The van der Waals surface area contributed by atoms with Crippen LogP contribution in [-0.4, -0.2) is 29.7 Å². The molecule has 18 heavy (non-hydrogen) atoms. The molecule has 0 aromatic heterocycles. The molecule has 0 radical (unpaired) electrons. The Bertz CT molecular complexity index is 504. The molecule has 0 N–H and O–H groups in total. The van der Waals surface area contributed by atoms with Crippen LogP contribution in [0.3, 0.4) is 0 Å². The van der Waals surface area contributed by atoms with Crippen molar-refractivity contribution in [3.8, 4) is 0 Å². The van der Waals surface area contributed by atoms with Crippen molar-refractivity contribution in [2.45, 2.75) is 13.3 Å². The Morgan fingerprint density at radius 2 is 2.22 bits per heavy atom. The summed E-state index contributed by atoms with van der Waals surface area (Å²) in [4.78, 5) is 25.5. The molecule has 2 rings (SSSR count). The zero-order chi connectivity index (χ0) is 13.3. The second kappa shape index (κ2) is 5.41. The van der Waals surface area contributed by atoms with E-state index in [1.165, 1.54) is 0 Å². The van der Waals surface area contributed by atoms with Crippen molar-refractivity contribution >= 4 is 39.2 Å². The van der Waals surface area contributed by atoms with E-state index in [1.807, 2.05) is 6.92 Å². The van der Waals surface area contributed by atoms with Crippen molar-refractivity contribution in [1.82, 2.24) is 4.90 Å². The van der Waals surface area contributed by atoms with Crippen molar-refractivity contribution in [2.75, 3.05) is 13.1 Å². The van der Waals surface area contributed by atoms with Crippen LogP contribution in [0.25, 0.3) is 0 Å². The van der Waals surface area contributed by atoms with E-state index in [0.29, 0.717) is 34.6 Å². The van der Waals surface area contributed by atoms with Gasteiger partial charge in [0, 0.05) is 34.9 Å². The van der Waals surface area contributed by atoms with Crippen LogP contribution in [0.1, 0.15) is 23.7 Å². The molecule has 1 aromatic carbocycles. The Morgan fingerprint density at radius 3 is 2.83 bits per heavy atom. The SMILES string of the molecule is CC1CN(C(=O)c2ccc(Cl)cc2Br)CCC1=O. The van der Waals surface area contributed by atoms with Gasteiger partial charge in [-0.3, -0.25) is 9.59 Å². The summed E-state index contributed by atoms with van der Waals surface area (Å²) in [6, 6.07) is 5.10. The zero-order valence-electron chi connectivity index (χ0n) is 9.95. The first-order valence-electron chi connectivity index (χ1n) is 5.76. The van der Waals surface area contributed by atoms with Crippen LogP contribution in [-0.2, 0) is 4.79 Å². The van der Waals surface area contributed by atoms with Crippen LogP contribution < -0.4 is 0 Å². The highest BCUT2D eigenvalue weighted by atomic mass is 79.9. The molecule has 0 spiro atoms. The Hall–Kier alpha value is -0.870. The number of amides is 1. The normalized spacial score (nSPS) is 20.1. The third-order valence-corrected chi connectivity index (χ3v) is 4.01. The maximum Gasteiger partial charge on any atom is 0.255 e. The number of rotatable bonds is 1. The molecular weight excluding hydrogens is 318 g/mol. The standard InChI is InChI=1S/C13H13BrClNO2/c1-8-7-16(5-4-12(8)17)13(18)10-3-2-9(15)6-11(10)14/h2-3,6,8H,4-5,7H2,1H3. The fraction of sp³-hybridized carbons (Fsp3) is 0.385.